The van der Waals surface area contributed by atoms with E-state index in [1.54, 1.807) is 31.2 Å². The van der Waals surface area contributed by atoms with Gasteiger partial charge in [0.15, 0.2) is 5.82 Å². The lowest BCUT2D eigenvalue weighted by molar-refractivity contribution is -0.181. The minimum Gasteiger partial charge on any atom is -0.481 e. The second-order valence-electron chi connectivity index (χ2n) is 8.79. The fraction of sp³-hybridized carbons (Fsp3) is 0.375. The molecule has 10 heteroatoms. The first-order valence-corrected chi connectivity index (χ1v) is 11.0. The van der Waals surface area contributed by atoms with Crippen LogP contribution in [0.2, 0.25) is 0 Å². The number of alkyl halides is 2. The summed E-state index contributed by atoms with van der Waals surface area (Å²) in [6.07, 6.45) is -0.310. The molecule has 0 aliphatic carbocycles. The molecule has 1 saturated heterocycles. The average Bonchev–Trinajstić information content (AvgIpc) is 3.21. The van der Waals surface area contributed by atoms with E-state index in [1.807, 2.05) is 6.92 Å². The van der Waals surface area contributed by atoms with E-state index in [0.717, 1.165) is 10.6 Å². The quantitative estimate of drug-likeness (QED) is 0.428. The largest absolute Gasteiger partial charge is 0.481 e. The Balaban J connectivity index is 1.53. The van der Waals surface area contributed by atoms with Crippen molar-refractivity contribution in [1.29, 1.82) is 0 Å². The minimum atomic E-state index is -3.23. The van der Waals surface area contributed by atoms with Crippen molar-refractivity contribution in [1.82, 2.24) is 20.1 Å². The van der Waals surface area contributed by atoms with E-state index in [-0.39, 0.29) is 43.6 Å². The number of nitrogens with one attached hydrogen (secondary N) is 2. The van der Waals surface area contributed by atoms with E-state index >= 15 is 8.78 Å². The first kappa shape index (κ1) is 23.7. The normalized spacial score (nSPS) is 16.4. The van der Waals surface area contributed by atoms with Crippen LogP contribution >= 0.6 is 0 Å². The zero-order valence-electron chi connectivity index (χ0n) is 18.9. The molecule has 180 valence electrons. The molecule has 1 aromatic carbocycles. The van der Waals surface area contributed by atoms with E-state index in [4.69, 9.17) is 0 Å². The summed E-state index contributed by atoms with van der Waals surface area (Å²) in [7, 11) is 0. The summed E-state index contributed by atoms with van der Waals surface area (Å²) < 4.78 is 45.0. The number of aromatic nitrogens is 3. The Hall–Kier alpha value is -3.40. The van der Waals surface area contributed by atoms with Gasteiger partial charge in [-0.05, 0) is 44.4 Å². The first-order valence-electron chi connectivity index (χ1n) is 11.0. The molecule has 34 heavy (non-hydrogen) atoms. The second-order valence-corrected chi connectivity index (χ2v) is 8.79. The number of nitrogens with zero attached hydrogens (tertiary/aromatic N) is 3. The van der Waals surface area contributed by atoms with E-state index in [1.165, 1.54) is 18.2 Å². The average molecular weight is 473 g/mol. The Kier molecular flexibility index (Phi) is 6.35. The molecule has 4 rings (SSSR count). The number of hydrogen-bond donors (Lipinski definition) is 3. The fourth-order valence-electron chi connectivity index (χ4n) is 4.37. The Morgan fingerprint density at radius 3 is 2.50 bits per heavy atom. The molecule has 0 unspecified atom stereocenters. The van der Waals surface area contributed by atoms with Crippen LogP contribution < -0.4 is 5.32 Å². The molecule has 3 aromatic rings. The highest BCUT2D eigenvalue weighted by atomic mass is 19.3. The van der Waals surface area contributed by atoms with Crippen LogP contribution in [0.1, 0.15) is 35.4 Å². The van der Waals surface area contributed by atoms with Crippen molar-refractivity contribution in [3.63, 3.8) is 0 Å². The van der Waals surface area contributed by atoms with Gasteiger partial charge in [-0.1, -0.05) is 24.3 Å². The number of H-pyrrole nitrogens is 1. The van der Waals surface area contributed by atoms with Crippen LogP contribution in [0.3, 0.4) is 0 Å². The van der Waals surface area contributed by atoms with Gasteiger partial charge in [0.05, 0.1) is 11.1 Å². The predicted molar refractivity (Wildman–Crippen MR) is 120 cm³/mol. The number of carbonyl (C=O) groups is 1. The highest BCUT2D eigenvalue weighted by Crippen LogP contribution is 2.42. The second kappa shape index (κ2) is 9.09. The Morgan fingerprint density at radius 1 is 1.18 bits per heavy atom. The van der Waals surface area contributed by atoms with Gasteiger partial charge < -0.3 is 10.4 Å². The lowest BCUT2D eigenvalue weighted by Gasteiger charge is -2.42. The summed E-state index contributed by atoms with van der Waals surface area (Å²) in [6, 6.07) is 7.41. The van der Waals surface area contributed by atoms with Crippen LogP contribution in [0, 0.1) is 25.1 Å². The number of anilines is 2. The van der Waals surface area contributed by atoms with E-state index < -0.39 is 23.2 Å². The number of rotatable bonds is 7. The van der Waals surface area contributed by atoms with Gasteiger partial charge in [0.2, 0.25) is 0 Å². The number of pyridine rings is 1. The summed E-state index contributed by atoms with van der Waals surface area (Å²) in [6.45, 7) is 3.17. The number of aromatic amines is 1. The third-order valence-corrected chi connectivity index (χ3v) is 6.43. The van der Waals surface area contributed by atoms with Crippen molar-refractivity contribution in [3.05, 3.63) is 70.8 Å². The Labute approximate surface area is 195 Å². The molecule has 3 heterocycles. The van der Waals surface area contributed by atoms with Gasteiger partial charge in [-0.2, -0.15) is 13.9 Å². The summed E-state index contributed by atoms with van der Waals surface area (Å²) in [4.78, 5) is 17.5. The molecular weight excluding hydrogens is 447 g/mol. The number of aliphatic carboxylic acids is 1. The summed E-state index contributed by atoms with van der Waals surface area (Å²) >= 11 is 0. The Morgan fingerprint density at radius 2 is 1.88 bits per heavy atom. The fourth-order valence-corrected chi connectivity index (χ4v) is 4.37. The monoisotopic (exact) mass is 473 g/mol. The molecule has 2 aromatic heterocycles. The number of hydrogen-bond acceptors (Lipinski definition) is 5. The van der Waals surface area contributed by atoms with E-state index in [2.05, 4.69) is 20.5 Å². The lowest BCUT2D eigenvalue weighted by Crippen LogP contribution is -2.51. The smallest absolute Gasteiger partial charge is 0.332 e. The van der Waals surface area contributed by atoms with Crippen LogP contribution in [-0.2, 0) is 17.3 Å². The van der Waals surface area contributed by atoms with Crippen LogP contribution in [0.4, 0.5) is 24.8 Å². The SMILES string of the molecule is Cc1cc(Nc2ccc(F)c(CC3(C(=O)O)CCN(C(F)(F)c4ccccc4C)CC3)n2)n[nH]1. The number of likely N-dealkylation sites (tertiary alicyclic amines) is 1. The van der Waals surface area contributed by atoms with Crippen molar-refractivity contribution in [2.75, 3.05) is 18.4 Å². The standard InChI is InChI=1S/C24H26F3N5O2/c1-15-5-3-4-6-17(15)24(26,27)32-11-9-23(10-12-32,22(33)34)14-19-18(25)7-8-20(28-19)29-21-13-16(2)30-31-21/h3-8,13H,9-12,14H2,1-2H3,(H,33,34)(H2,28,29,30,31). The van der Waals surface area contributed by atoms with Gasteiger partial charge in [-0.3, -0.25) is 9.89 Å². The summed E-state index contributed by atoms with van der Waals surface area (Å²) in [5.41, 5.74) is -0.237. The molecule has 7 nitrogen and oxygen atoms in total. The van der Waals surface area contributed by atoms with Crippen molar-refractivity contribution in [2.24, 2.45) is 5.41 Å². The number of carboxylic acids is 1. The van der Waals surface area contributed by atoms with Gasteiger partial charge in [0.1, 0.15) is 11.6 Å². The van der Waals surface area contributed by atoms with Crippen molar-refractivity contribution < 1.29 is 23.1 Å². The number of piperidine rings is 1. The molecule has 0 spiro atoms. The third-order valence-electron chi connectivity index (χ3n) is 6.43. The van der Waals surface area contributed by atoms with Crippen LogP contribution in [-0.4, -0.2) is 44.2 Å². The molecule has 0 radical (unpaired) electrons. The van der Waals surface area contributed by atoms with Gasteiger partial charge in [0, 0.05) is 36.8 Å². The first-order chi connectivity index (χ1) is 16.1. The minimum absolute atomic E-state index is 0.0289. The highest BCUT2D eigenvalue weighted by Gasteiger charge is 2.48. The van der Waals surface area contributed by atoms with E-state index in [9.17, 15) is 14.3 Å². The molecule has 0 atom stereocenters. The molecule has 0 saturated carbocycles. The van der Waals surface area contributed by atoms with Crippen LogP contribution in [0.5, 0.6) is 0 Å². The van der Waals surface area contributed by atoms with Crippen molar-refractivity contribution in [2.45, 2.75) is 39.2 Å². The van der Waals surface area contributed by atoms with Gasteiger partial charge in [-0.25, -0.2) is 14.3 Å². The molecule has 1 aliphatic rings. The number of carboxylic acid groups (broad SMARTS) is 1. The van der Waals surface area contributed by atoms with Crippen LogP contribution in [0.25, 0.3) is 0 Å². The number of halogens is 3. The van der Waals surface area contributed by atoms with E-state index in [0.29, 0.717) is 17.2 Å². The zero-order chi connectivity index (χ0) is 24.5. The Bertz CT molecular complexity index is 1190. The molecule has 0 bridgehead atoms. The van der Waals surface area contributed by atoms with Gasteiger partial charge in [-0.15, -0.1) is 0 Å². The number of aryl methyl sites for hydroxylation is 2. The summed E-state index contributed by atoms with van der Waals surface area (Å²) in [5.74, 6) is -0.986. The molecular formula is C24H26F3N5O2. The summed E-state index contributed by atoms with van der Waals surface area (Å²) in [5, 5.41) is 19.8. The van der Waals surface area contributed by atoms with Crippen molar-refractivity contribution >= 4 is 17.6 Å². The predicted octanol–water partition coefficient (Wildman–Crippen LogP) is 4.76. The van der Waals surface area contributed by atoms with Gasteiger partial charge >= 0.3 is 12.0 Å². The maximum atomic E-state index is 15.2. The maximum absolute atomic E-state index is 15.2. The number of benzene rings is 1. The third kappa shape index (κ3) is 4.63. The van der Waals surface area contributed by atoms with Gasteiger partial charge in [0.25, 0.3) is 0 Å². The van der Waals surface area contributed by atoms with Crippen LogP contribution in [0.15, 0.2) is 42.5 Å². The maximum Gasteiger partial charge on any atom is 0.332 e. The molecule has 3 N–H and O–H groups in total. The zero-order valence-corrected chi connectivity index (χ0v) is 18.9. The molecule has 0 amide bonds. The van der Waals surface area contributed by atoms with Crippen molar-refractivity contribution in [3.8, 4) is 0 Å². The topological polar surface area (TPSA) is 94.1 Å². The molecule has 1 fully saturated rings. The molecule has 1 aliphatic heterocycles. The highest BCUT2D eigenvalue weighted by molar-refractivity contribution is 5.75. The lowest BCUT2D eigenvalue weighted by atomic mass is 9.74.